The zero-order chi connectivity index (χ0) is 10.5. The predicted octanol–water partition coefficient (Wildman–Crippen LogP) is 2.64. The van der Waals surface area contributed by atoms with Gasteiger partial charge in [-0.2, -0.15) is 5.10 Å². The summed E-state index contributed by atoms with van der Waals surface area (Å²) < 4.78 is 0. The van der Waals surface area contributed by atoms with Crippen LogP contribution in [0.3, 0.4) is 0 Å². The Morgan fingerprint density at radius 1 is 1.53 bits per heavy atom. The number of nitrogens with one attached hydrogen (secondary N) is 2. The highest BCUT2D eigenvalue weighted by atomic mass is 32.1. The van der Waals surface area contributed by atoms with Crippen molar-refractivity contribution in [2.75, 3.05) is 6.54 Å². The number of hydrogen-bond donors (Lipinski definition) is 2. The van der Waals surface area contributed by atoms with Gasteiger partial charge >= 0.3 is 0 Å². The Labute approximate surface area is 93.5 Å². The van der Waals surface area contributed by atoms with Crippen molar-refractivity contribution in [2.24, 2.45) is 0 Å². The average Bonchev–Trinajstić information content (AvgIpc) is 2.87. The molecule has 2 aromatic heterocycles. The second kappa shape index (κ2) is 5.09. The molecular weight excluding hydrogens is 206 g/mol. The molecule has 0 aliphatic heterocycles. The minimum Gasteiger partial charge on any atom is -0.313 e. The molecule has 0 radical (unpaired) electrons. The summed E-state index contributed by atoms with van der Waals surface area (Å²) >= 11 is 1.73. The highest BCUT2D eigenvalue weighted by Gasteiger charge is 2.07. The number of rotatable bonds is 5. The first-order chi connectivity index (χ1) is 7.42. The van der Waals surface area contributed by atoms with Crippen LogP contribution in [-0.4, -0.2) is 16.7 Å². The maximum atomic E-state index is 4.10. The largest absolute Gasteiger partial charge is 0.313 e. The van der Waals surface area contributed by atoms with Crippen molar-refractivity contribution in [2.45, 2.75) is 19.9 Å². The summed E-state index contributed by atoms with van der Waals surface area (Å²) in [6, 6.07) is 4.17. The SMILES string of the molecule is CCCNCc1cn[nH]c1-c1cccs1. The zero-order valence-electron chi connectivity index (χ0n) is 8.79. The Morgan fingerprint density at radius 3 is 3.20 bits per heavy atom. The van der Waals surface area contributed by atoms with Gasteiger partial charge in [-0.05, 0) is 24.4 Å². The second-order valence-corrected chi connectivity index (χ2v) is 4.37. The maximum absolute atomic E-state index is 4.10. The van der Waals surface area contributed by atoms with Crippen molar-refractivity contribution in [1.82, 2.24) is 15.5 Å². The summed E-state index contributed by atoms with van der Waals surface area (Å²) in [4.78, 5) is 1.25. The van der Waals surface area contributed by atoms with Crippen LogP contribution >= 0.6 is 11.3 Å². The van der Waals surface area contributed by atoms with E-state index in [1.165, 1.54) is 10.4 Å². The molecule has 0 bridgehead atoms. The molecule has 3 nitrogen and oxygen atoms in total. The van der Waals surface area contributed by atoms with Gasteiger partial charge in [0.05, 0.1) is 16.8 Å². The van der Waals surface area contributed by atoms with Gasteiger partial charge in [0.25, 0.3) is 0 Å². The lowest BCUT2D eigenvalue weighted by Crippen LogP contribution is -2.13. The molecule has 2 heterocycles. The molecule has 0 saturated carbocycles. The zero-order valence-corrected chi connectivity index (χ0v) is 9.60. The fourth-order valence-electron chi connectivity index (χ4n) is 1.48. The van der Waals surface area contributed by atoms with Crippen molar-refractivity contribution in [3.8, 4) is 10.6 Å². The summed E-state index contributed by atoms with van der Waals surface area (Å²) in [5.74, 6) is 0. The smallest absolute Gasteiger partial charge is 0.0794 e. The summed E-state index contributed by atoms with van der Waals surface area (Å²) in [5, 5.41) is 12.6. The molecule has 0 saturated heterocycles. The number of nitrogens with zero attached hydrogens (tertiary/aromatic N) is 1. The fourth-order valence-corrected chi connectivity index (χ4v) is 2.23. The number of hydrogen-bond acceptors (Lipinski definition) is 3. The third kappa shape index (κ3) is 2.46. The van der Waals surface area contributed by atoms with Gasteiger partial charge in [-0.15, -0.1) is 11.3 Å². The van der Waals surface area contributed by atoms with E-state index in [2.05, 4.69) is 40.0 Å². The lowest BCUT2D eigenvalue weighted by atomic mass is 10.2. The van der Waals surface area contributed by atoms with Gasteiger partial charge in [0, 0.05) is 12.1 Å². The van der Waals surface area contributed by atoms with E-state index in [4.69, 9.17) is 0 Å². The number of aromatic amines is 1. The minimum absolute atomic E-state index is 0.886. The van der Waals surface area contributed by atoms with Crippen LogP contribution in [0, 0.1) is 0 Å². The molecule has 4 heteroatoms. The molecule has 0 aromatic carbocycles. The lowest BCUT2D eigenvalue weighted by Gasteiger charge is -2.02. The van der Waals surface area contributed by atoms with Crippen molar-refractivity contribution in [3.05, 3.63) is 29.3 Å². The van der Waals surface area contributed by atoms with Crippen molar-refractivity contribution >= 4 is 11.3 Å². The van der Waals surface area contributed by atoms with Gasteiger partial charge in [0.15, 0.2) is 0 Å². The Balaban J connectivity index is 2.09. The van der Waals surface area contributed by atoms with E-state index < -0.39 is 0 Å². The van der Waals surface area contributed by atoms with E-state index in [9.17, 15) is 0 Å². The first-order valence-electron chi connectivity index (χ1n) is 5.18. The molecule has 2 N–H and O–H groups in total. The van der Waals surface area contributed by atoms with Gasteiger partial charge in [0.1, 0.15) is 0 Å². The van der Waals surface area contributed by atoms with Crippen LogP contribution in [0.25, 0.3) is 10.6 Å². The van der Waals surface area contributed by atoms with E-state index in [0.717, 1.165) is 25.2 Å². The van der Waals surface area contributed by atoms with Crippen molar-refractivity contribution in [1.29, 1.82) is 0 Å². The van der Waals surface area contributed by atoms with Gasteiger partial charge in [-0.25, -0.2) is 0 Å². The molecule has 0 amide bonds. The van der Waals surface area contributed by atoms with E-state index in [-0.39, 0.29) is 0 Å². The van der Waals surface area contributed by atoms with Crippen LogP contribution in [-0.2, 0) is 6.54 Å². The van der Waals surface area contributed by atoms with E-state index in [0.29, 0.717) is 0 Å². The predicted molar refractivity (Wildman–Crippen MR) is 63.9 cm³/mol. The molecule has 2 rings (SSSR count). The van der Waals surface area contributed by atoms with E-state index in [1.54, 1.807) is 11.3 Å². The summed E-state index contributed by atoms with van der Waals surface area (Å²) in [6.45, 7) is 4.11. The summed E-state index contributed by atoms with van der Waals surface area (Å²) in [7, 11) is 0. The first kappa shape index (κ1) is 10.4. The quantitative estimate of drug-likeness (QED) is 0.762. The average molecular weight is 221 g/mol. The fraction of sp³-hybridized carbons (Fsp3) is 0.364. The normalized spacial score (nSPS) is 10.7. The molecule has 0 aliphatic rings. The number of H-pyrrole nitrogens is 1. The second-order valence-electron chi connectivity index (χ2n) is 3.42. The summed E-state index contributed by atoms with van der Waals surface area (Å²) in [5.41, 5.74) is 2.39. The Kier molecular flexibility index (Phi) is 3.53. The van der Waals surface area contributed by atoms with E-state index in [1.807, 2.05) is 6.20 Å². The maximum Gasteiger partial charge on any atom is 0.0794 e. The molecule has 2 aromatic rings. The third-order valence-corrected chi connectivity index (χ3v) is 3.12. The van der Waals surface area contributed by atoms with Crippen molar-refractivity contribution < 1.29 is 0 Å². The van der Waals surface area contributed by atoms with E-state index >= 15 is 0 Å². The molecule has 0 fully saturated rings. The molecule has 0 atom stereocenters. The van der Waals surface area contributed by atoms with Crippen LogP contribution in [0.15, 0.2) is 23.7 Å². The lowest BCUT2D eigenvalue weighted by molar-refractivity contribution is 0.676. The summed E-state index contributed by atoms with van der Waals surface area (Å²) in [6.07, 6.45) is 3.06. The number of aromatic nitrogens is 2. The highest BCUT2D eigenvalue weighted by Crippen LogP contribution is 2.25. The molecule has 0 aliphatic carbocycles. The third-order valence-electron chi connectivity index (χ3n) is 2.23. The standard InChI is InChI=1S/C11H15N3S/c1-2-5-12-7-9-8-13-14-11(9)10-4-3-6-15-10/h3-4,6,8,12H,2,5,7H2,1H3,(H,13,14). The Bertz CT molecular complexity index is 392. The van der Waals surface area contributed by atoms with Crippen LogP contribution in [0.1, 0.15) is 18.9 Å². The first-order valence-corrected chi connectivity index (χ1v) is 6.06. The molecular formula is C11H15N3S. The molecule has 15 heavy (non-hydrogen) atoms. The molecule has 80 valence electrons. The molecule has 0 spiro atoms. The number of thiophene rings is 1. The van der Waals surface area contributed by atoms with Crippen molar-refractivity contribution in [3.63, 3.8) is 0 Å². The Hall–Kier alpha value is -1.13. The monoisotopic (exact) mass is 221 g/mol. The topological polar surface area (TPSA) is 40.7 Å². The highest BCUT2D eigenvalue weighted by molar-refractivity contribution is 7.13. The van der Waals surface area contributed by atoms with Gasteiger partial charge < -0.3 is 5.32 Å². The Morgan fingerprint density at radius 2 is 2.47 bits per heavy atom. The molecule has 0 unspecified atom stereocenters. The van der Waals surface area contributed by atoms with Crippen LogP contribution in [0.2, 0.25) is 0 Å². The van der Waals surface area contributed by atoms with Gasteiger partial charge in [-0.1, -0.05) is 13.0 Å². The van der Waals surface area contributed by atoms with Gasteiger partial charge in [0.2, 0.25) is 0 Å². The van der Waals surface area contributed by atoms with Crippen LogP contribution < -0.4 is 5.32 Å². The minimum atomic E-state index is 0.886. The van der Waals surface area contributed by atoms with Crippen LogP contribution in [0.5, 0.6) is 0 Å². The van der Waals surface area contributed by atoms with Crippen LogP contribution in [0.4, 0.5) is 0 Å². The van der Waals surface area contributed by atoms with Gasteiger partial charge in [-0.3, -0.25) is 5.10 Å².